The topological polar surface area (TPSA) is 72.6 Å². The van der Waals surface area contributed by atoms with Gasteiger partial charge in [-0.05, 0) is 13.8 Å². The Morgan fingerprint density at radius 3 is 2.76 bits per heavy atom. The Kier molecular flexibility index (Phi) is 4.68. The predicted molar refractivity (Wildman–Crippen MR) is 59.5 cm³/mol. The number of rotatable bonds is 5. The van der Waals surface area contributed by atoms with Gasteiger partial charge in [-0.2, -0.15) is 0 Å². The number of ether oxygens (including phenoxy) is 1. The highest BCUT2D eigenvalue weighted by Gasteiger charge is 2.17. The van der Waals surface area contributed by atoms with E-state index in [1.807, 2.05) is 0 Å². The summed E-state index contributed by atoms with van der Waals surface area (Å²) in [6, 6.07) is 1.56. The van der Waals surface area contributed by atoms with Gasteiger partial charge in [0, 0.05) is 19.7 Å². The number of hydrogen-bond acceptors (Lipinski definition) is 5. The van der Waals surface area contributed by atoms with Crippen molar-refractivity contribution in [3.05, 3.63) is 17.5 Å². The average molecular weight is 240 g/mol. The molecular weight excluding hydrogens is 224 g/mol. The summed E-state index contributed by atoms with van der Waals surface area (Å²) in [5, 5.41) is 3.63. The van der Waals surface area contributed by atoms with Crippen LogP contribution < -0.4 is 0 Å². The van der Waals surface area contributed by atoms with E-state index in [9.17, 15) is 9.59 Å². The minimum atomic E-state index is -0.319. The molecule has 1 aromatic rings. The van der Waals surface area contributed by atoms with Crippen LogP contribution in [0.3, 0.4) is 0 Å². The Morgan fingerprint density at radius 2 is 2.24 bits per heavy atom. The summed E-state index contributed by atoms with van der Waals surface area (Å²) in [7, 11) is 1.60. The van der Waals surface area contributed by atoms with Crippen molar-refractivity contribution in [3.8, 4) is 0 Å². The summed E-state index contributed by atoms with van der Waals surface area (Å²) < 4.78 is 9.61. The minimum Gasteiger partial charge on any atom is -0.466 e. The molecule has 0 unspecified atom stereocenters. The molecule has 0 atom stereocenters. The van der Waals surface area contributed by atoms with Gasteiger partial charge in [0.2, 0.25) is 5.76 Å². The summed E-state index contributed by atoms with van der Waals surface area (Å²) >= 11 is 0. The van der Waals surface area contributed by atoms with E-state index in [0.29, 0.717) is 12.3 Å². The summed E-state index contributed by atoms with van der Waals surface area (Å²) in [6.07, 6.45) is 0.170. The second kappa shape index (κ2) is 6.03. The predicted octanol–water partition coefficient (Wildman–Crippen LogP) is 1.01. The zero-order valence-electron chi connectivity index (χ0n) is 10.2. The molecule has 0 spiro atoms. The molecule has 0 aliphatic rings. The molecule has 17 heavy (non-hydrogen) atoms. The molecule has 1 amide bonds. The molecule has 1 heterocycles. The van der Waals surface area contributed by atoms with Crippen LogP contribution in [0.4, 0.5) is 0 Å². The first-order valence-corrected chi connectivity index (χ1v) is 5.39. The van der Waals surface area contributed by atoms with Crippen molar-refractivity contribution >= 4 is 11.9 Å². The first kappa shape index (κ1) is 13.2. The SMILES string of the molecule is CCOC(=O)CCN(C)C(=O)c1cc(C)no1. The number of esters is 1. The van der Waals surface area contributed by atoms with Crippen LogP contribution in [-0.4, -0.2) is 42.1 Å². The fraction of sp³-hybridized carbons (Fsp3) is 0.545. The van der Waals surface area contributed by atoms with E-state index < -0.39 is 0 Å². The van der Waals surface area contributed by atoms with Gasteiger partial charge in [0.15, 0.2) is 0 Å². The lowest BCUT2D eigenvalue weighted by atomic mass is 10.3. The molecule has 0 saturated heterocycles. The van der Waals surface area contributed by atoms with E-state index in [0.717, 1.165) is 0 Å². The molecule has 0 radical (unpaired) electrons. The Morgan fingerprint density at radius 1 is 1.53 bits per heavy atom. The van der Waals surface area contributed by atoms with Crippen molar-refractivity contribution in [2.75, 3.05) is 20.2 Å². The summed E-state index contributed by atoms with van der Waals surface area (Å²) in [4.78, 5) is 24.3. The Bertz CT molecular complexity index is 400. The van der Waals surface area contributed by atoms with E-state index in [-0.39, 0.29) is 30.6 Å². The molecule has 6 heteroatoms. The highest BCUT2D eigenvalue weighted by atomic mass is 16.5. The van der Waals surface area contributed by atoms with E-state index >= 15 is 0 Å². The number of aryl methyl sites for hydroxylation is 1. The third-order valence-electron chi connectivity index (χ3n) is 2.14. The standard InChI is InChI=1S/C11H16N2O4/c1-4-16-10(14)5-6-13(3)11(15)9-7-8(2)12-17-9/h7H,4-6H2,1-3H3. The summed E-state index contributed by atoms with van der Waals surface area (Å²) in [6.45, 7) is 4.11. The number of carbonyl (C=O) groups is 2. The third-order valence-corrected chi connectivity index (χ3v) is 2.14. The second-order valence-electron chi connectivity index (χ2n) is 3.61. The van der Waals surface area contributed by atoms with Gasteiger partial charge in [-0.15, -0.1) is 0 Å². The first-order valence-electron chi connectivity index (χ1n) is 5.39. The van der Waals surface area contributed by atoms with Gasteiger partial charge in [0.25, 0.3) is 5.91 Å². The van der Waals surface area contributed by atoms with Gasteiger partial charge in [-0.1, -0.05) is 5.16 Å². The number of aromatic nitrogens is 1. The van der Waals surface area contributed by atoms with Gasteiger partial charge >= 0.3 is 5.97 Å². The molecular formula is C11H16N2O4. The molecule has 1 rings (SSSR count). The zero-order valence-corrected chi connectivity index (χ0v) is 10.2. The van der Waals surface area contributed by atoms with E-state index in [4.69, 9.17) is 9.26 Å². The molecule has 6 nitrogen and oxygen atoms in total. The van der Waals surface area contributed by atoms with Crippen molar-refractivity contribution < 1.29 is 18.8 Å². The van der Waals surface area contributed by atoms with Crippen LogP contribution in [0.25, 0.3) is 0 Å². The molecule has 0 bridgehead atoms. The largest absolute Gasteiger partial charge is 0.466 e. The number of nitrogens with zero attached hydrogens (tertiary/aromatic N) is 2. The number of carbonyl (C=O) groups excluding carboxylic acids is 2. The van der Waals surface area contributed by atoms with Crippen LogP contribution in [0.5, 0.6) is 0 Å². The monoisotopic (exact) mass is 240 g/mol. The fourth-order valence-corrected chi connectivity index (χ4v) is 1.25. The summed E-state index contributed by atoms with van der Waals surface area (Å²) in [5.41, 5.74) is 0.646. The molecule has 94 valence electrons. The van der Waals surface area contributed by atoms with Crippen LogP contribution >= 0.6 is 0 Å². The lowest BCUT2D eigenvalue weighted by Gasteiger charge is -2.14. The lowest BCUT2D eigenvalue weighted by Crippen LogP contribution is -2.29. The van der Waals surface area contributed by atoms with Crippen molar-refractivity contribution in [2.45, 2.75) is 20.3 Å². The highest BCUT2D eigenvalue weighted by molar-refractivity contribution is 5.91. The van der Waals surface area contributed by atoms with Crippen molar-refractivity contribution in [3.63, 3.8) is 0 Å². The quantitative estimate of drug-likeness (QED) is 0.718. The summed E-state index contributed by atoms with van der Waals surface area (Å²) in [5.74, 6) is -0.440. The molecule has 0 N–H and O–H groups in total. The number of amides is 1. The lowest BCUT2D eigenvalue weighted by molar-refractivity contribution is -0.143. The molecule has 0 aliphatic heterocycles. The van der Waals surface area contributed by atoms with Gasteiger partial charge in [0.1, 0.15) is 0 Å². The maximum Gasteiger partial charge on any atom is 0.307 e. The first-order chi connectivity index (χ1) is 8.04. The van der Waals surface area contributed by atoms with Gasteiger partial charge in [0.05, 0.1) is 18.7 Å². The Hall–Kier alpha value is -1.85. The second-order valence-corrected chi connectivity index (χ2v) is 3.61. The molecule has 0 fully saturated rings. The van der Waals surface area contributed by atoms with Crippen LogP contribution in [-0.2, 0) is 9.53 Å². The smallest absolute Gasteiger partial charge is 0.307 e. The van der Waals surface area contributed by atoms with Crippen molar-refractivity contribution in [1.82, 2.24) is 10.1 Å². The van der Waals surface area contributed by atoms with Crippen LogP contribution in [0.1, 0.15) is 29.6 Å². The van der Waals surface area contributed by atoms with Gasteiger partial charge in [-0.25, -0.2) is 0 Å². The van der Waals surface area contributed by atoms with Gasteiger partial charge < -0.3 is 14.2 Å². The third kappa shape index (κ3) is 3.90. The van der Waals surface area contributed by atoms with E-state index in [1.165, 1.54) is 4.90 Å². The minimum absolute atomic E-state index is 0.170. The van der Waals surface area contributed by atoms with Crippen LogP contribution in [0, 0.1) is 6.92 Å². The number of hydrogen-bond donors (Lipinski definition) is 0. The normalized spacial score (nSPS) is 10.1. The molecule has 1 aromatic heterocycles. The zero-order chi connectivity index (χ0) is 12.8. The maximum absolute atomic E-state index is 11.8. The van der Waals surface area contributed by atoms with Crippen molar-refractivity contribution in [1.29, 1.82) is 0 Å². The molecule has 0 aliphatic carbocycles. The van der Waals surface area contributed by atoms with Crippen molar-refractivity contribution in [2.24, 2.45) is 0 Å². The van der Waals surface area contributed by atoms with Crippen LogP contribution in [0.15, 0.2) is 10.6 Å². The van der Waals surface area contributed by atoms with E-state index in [1.54, 1.807) is 27.0 Å². The molecule has 0 saturated carbocycles. The maximum atomic E-state index is 11.8. The highest BCUT2D eigenvalue weighted by Crippen LogP contribution is 2.06. The van der Waals surface area contributed by atoms with Gasteiger partial charge in [-0.3, -0.25) is 9.59 Å². The Balaban J connectivity index is 2.45. The average Bonchev–Trinajstić information content (AvgIpc) is 2.72. The van der Waals surface area contributed by atoms with E-state index in [2.05, 4.69) is 5.16 Å². The van der Waals surface area contributed by atoms with Crippen LogP contribution in [0.2, 0.25) is 0 Å². The fourth-order valence-electron chi connectivity index (χ4n) is 1.25. The molecule has 0 aromatic carbocycles. The Labute approximate surface area is 99.5 Å².